The zero-order valence-corrected chi connectivity index (χ0v) is 15.5. The third-order valence-corrected chi connectivity index (χ3v) is 4.47. The number of hydrogen-bond acceptors (Lipinski definition) is 3. The Kier molecular flexibility index (Phi) is 5.63. The molecular formula is C21H21F3N2O2. The van der Waals surface area contributed by atoms with E-state index >= 15 is 0 Å². The summed E-state index contributed by atoms with van der Waals surface area (Å²) in [5.74, 6) is 0.293. The van der Waals surface area contributed by atoms with Crippen LogP contribution < -0.4 is 15.0 Å². The summed E-state index contributed by atoms with van der Waals surface area (Å²) in [6, 6.07) is 10.8. The van der Waals surface area contributed by atoms with Crippen LogP contribution in [0.4, 0.5) is 24.5 Å². The Labute approximate surface area is 161 Å². The first-order valence-corrected chi connectivity index (χ1v) is 8.90. The number of ether oxygens (including phenoxy) is 1. The summed E-state index contributed by atoms with van der Waals surface area (Å²) in [4.78, 5) is 14.2. The zero-order chi connectivity index (χ0) is 20.3. The molecule has 0 aliphatic carbocycles. The van der Waals surface area contributed by atoms with Crippen molar-refractivity contribution in [3.63, 3.8) is 0 Å². The fourth-order valence-corrected chi connectivity index (χ4v) is 3.10. The minimum absolute atomic E-state index is 0.0952. The van der Waals surface area contributed by atoms with Gasteiger partial charge < -0.3 is 15.0 Å². The number of anilines is 2. The van der Waals surface area contributed by atoms with Crippen molar-refractivity contribution in [3.8, 4) is 5.75 Å². The quantitative estimate of drug-likeness (QED) is 0.768. The molecule has 0 saturated heterocycles. The highest BCUT2D eigenvalue weighted by molar-refractivity contribution is 5.91. The monoisotopic (exact) mass is 390 g/mol. The molecule has 1 heterocycles. The first kappa shape index (κ1) is 19.8. The molecule has 0 aromatic heterocycles. The van der Waals surface area contributed by atoms with Crippen LogP contribution in [0.1, 0.15) is 24.0 Å². The van der Waals surface area contributed by atoms with Gasteiger partial charge in [-0.25, -0.2) is 0 Å². The van der Waals surface area contributed by atoms with Gasteiger partial charge in [-0.1, -0.05) is 24.8 Å². The average molecular weight is 390 g/mol. The predicted molar refractivity (Wildman–Crippen MR) is 102 cm³/mol. The second-order valence-electron chi connectivity index (χ2n) is 6.67. The van der Waals surface area contributed by atoms with Gasteiger partial charge in [0.15, 0.2) is 0 Å². The van der Waals surface area contributed by atoms with E-state index in [0.29, 0.717) is 19.6 Å². The lowest BCUT2D eigenvalue weighted by Gasteiger charge is -2.33. The molecule has 1 aliphatic rings. The average Bonchev–Trinajstić information content (AvgIpc) is 2.63. The molecule has 4 nitrogen and oxygen atoms in total. The van der Waals surface area contributed by atoms with Gasteiger partial charge in [-0.3, -0.25) is 4.79 Å². The van der Waals surface area contributed by atoms with E-state index in [0.717, 1.165) is 28.8 Å². The van der Waals surface area contributed by atoms with Gasteiger partial charge in [0, 0.05) is 18.7 Å². The van der Waals surface area contributed by atoms with Crippen LogP contribution in [0.2, 0.25) is 0 Å². The van der Waals surface area contributed by atoms with Crippen LogP contribution in [0.3, 0.4) is 0 Å². The number of nitrogens with one attached hydrogen (secondary N) is 1. The third kappa shape index (κ3) is 4.47. The Bertz CT molecular complexity index is 893. The van der Waals surface area contributed by atoms with Gasteiger partial charge in [-0.05, 0) is 43.2 Å². The number of para-hydroxylation sites is 1. The van der Waals surface area contributed by atoms with Gasteiger partial charge in [0.1, 0.15) is 12.4 Å². The lowest BCUT2D eigenvalue weighted by Crippen LogP contribution is -2.31. The molecule has 1 amide bonds. The van der Waals surface area contributed by atoms with Crippen molar-refractivity contribution in [1.29, 1.82) is 0 Å². The number of rotatable bonds is 5. The van der Waals surface area contributed by atoms with Crippen LogP contribution in [0.5, 0.6) is 5.75 Å². The fraction of sp³-hybridized carbons (Fsp3) is 0.286. The Morgan fingerprint density at radius 1 is 1.25 bits per heavy atom. The molecule has 0 unspecified atom stereocenters. The van der Waals surface area contributed by atoms with Gasteiger partial charge in [0.05, 0.1) is 16.9 Å². The fourth-order valence-electron chi connectivity index (χ4n) is 3.10. The molecule has 3 rings (SSSR count). The maximum Gasteiger partial charge on any atom is 0.418 e. The van der Waals surface area contributed by atoms with Crippen LogP contribution >= 0.6 is 0 Å². The number of alkyl halides is 3. The van der Waals surface area contributed by atoms with Crippen LogP contribution in [0.15, 0.2) is 54.7 Å². The minimum Gasteiger partial charge on any atom is -0.485 e. The van der Waals surface area contributed by atoms with Crippen molar-refractivity contribution >= 4 is 17.3 Å². The van der Waals surface area contributed by atoms with E-state index < -0.39 is 17.6 Å². The van der Waals surface area contributed by atoms with E-state index in [2.05, 4.69) is 11.9 Å². The summed E-state index contributed by atoms with van der Waals surface area (Å²) in [6.07, 6.45) is -3.96. The molecule has 2 aromatic rings. The van der Waals surface area contributed by atoms with E-state index in [1.54, 1.807) is 0 Å². The molecular weight excluding hydrogens is 369 g/mol. The first-order chi connectivity index (χ1) is 13.3. The summed E-state index contributed by atoms with van der Waals surface area (Å²) < 4.78 is 44.7. The molecule has 1 aliphatic heterocycles. The molecule has 1 N–H and O–H groups in total. The number of halogens is 3. The van der Waals surface area contributed by atoms with Crippen molar-refractivity contribution in [1.82, 2.24) is 0 Å². The van der Waals surface area contributed by atoms with Crippen molar-refractivity contribution in [2.75, 3.05) is 23.4 Å². The van der Waals surface area contributed by atoms with Crippen molar-refractivity contribution in [2.24, 2.45) is 0 Å². The second kappa shape index (κ2) is 7.96. The van der Waals surface area contributed by atoms with Gasteiger partial charge in [0.25, 0.3) is 0 Å². The van der Waals surface area contributed by atoms with Crippen molar-refractivity contribution < 1.29 is 22.7 Å². The van der Waals surface area contributed by atoms with Gasteiger partial charge in [-0.2, -0.15) is 13.2 Å². The summed E-state index contributed by atoms with van der Waals surface area (Å²) in [7, 11) is 0. The highest BCUT2D eigenvalue weighted by Crippen LogP contribution is 2.36. The largest absolute Gasteiger partial charge is 0.485 e. The smallest absolute Gasteiger partial charge is 0.418 e. The maximum absolute atomic E-state index is 13.0. The van der Waals surface area contributed by atoms with Crippen molar-refractivity contribution in [2.45, 2.75) is 25.9 Å². The van der Waals surface area contributed by atoms with E-state index in [1.165, 1.54) is 18.2 Å². The molecule has 148 valence electrons. The first-order valence-electron chi connectivity index (χ1n) is 8.90. The summed E-state index contributed by atoms with van der Waals surface area (Å²) >= 11 is 0. The SMILES string of the molecule is C=C1COc2ccc(C)cc2N1CCCC(=O)Nc1ccccc1C(F)(F)F. The number of aryl methyl sites for hydroxylation is 1. The summed E-state index contributed by atoms with van der Waals surface area (Å²) in [5.41, 5.74) is 1.66. The van der Waals surface area contributed by atoms with Gasteiger partial charge >= 0.3 is 6.18 Å². The van der Waals surface area contributed by atoms with Gasteiger partial charge in [-0.15, -0.1) is 0 Å². The molecule has 0 saturated carbocycles. The number of amides is 1. The second-order valence-corrected chi connectivity index (χ2v) is 6.67. The number of hydrogen-bond donors (Lipinski definition) is 1. The van der Waals surface area contributed by atoms with Crippen molar-refractivity contribution in [3.05, 3.63) is 65.9 Å². The molecule has 0 spiro atoms. The molecule has 0 bridgehead atoms. The maximum atomic E-state index is 13.0. The number of carbonyl (C=O) groups excluding carboxylic acids is 1. The molecule has 2 aromatic carbocycles. The number of fused-ring (bicyclic) bond motifs is 1. The lowest BCUT2D eigenvalue weighted by molar-refractivity contribution is -0.137. The zero-order valence-electron chi connectivity index (χ0n) is 15.5. The van der Waals surface area contributed by atoms with Crippen LogP contribution in [-0.4, -0.2) is 19.1 Å². The number of nitrogens with zero attached hydrogens (tertiary/aromatic N) is 1. The number of benzene rings is 2. The number of carbonyl (C=O) groups is 1. The molecule has 0 fully saturated rings. The molecule has 0 atom stereocenters. The summed E-state index contributed by atoms with van der Waals surface area (Å²) in [6.45, 7) is 6.86. The Morgan fingerprint density at radius 2 is 2.00 bits per heavy atom. The van der Waals surface area contributed by atoms with E-state index in [1.807, 2.05) is 30.0 Å². The van der Waals surface area contributed by atoms with E-state index in [-0.39, 0.29) is 12.1 Å². The van der Waals surface area contributed by atoms with Crippen LogP contribution in [-0.2, 0) is 11.0 Å². The highest BCUT2D eigenvalue weighted by Gasteiger charge is 2.33. The summed E-state index contributed by atoms with van der Waals surface area (Å²) in [5, 5.41) is 2.37. The molecule has 28 heavy (non-hydrogen) atoms. The normalized spacial score (nSPS) is 13.7. The Morgan fingerprint density at radius 3 is 2.75 bits per heavy atom. The highest BCUT2D eigenvalue weighted by atomic mass is 19.4. The Balaban J connectivity index is 1.61. The van der Waals surface area contributed by atoms with Gasteiger partial charge in [0.2, 0.25) is 5.91 Å². The standard InChI is InChI=1S/C21H21F3N2O2/c1-14-9-10-19-18(12-14)26(15(2)13-28-19)11-5-8-20(27)25-17-7-4-3-6-16(17)21(22,23)24/h3-4,6-7,9-10,12H,2,5,8,11,13H2,1H3,(H,25,27). The molecule has 0 radical (unpaired) electrons. The topological polar surface area (TPSA) is 41.6 Å². The van der Waals surface area contributed by atoms with E-state index in [4.69, 9.17) is 4.74 Å². The minimum atomic E-state index is -4.52. The Hall–Kier alpha value is -2.96. The third-order valence-electron chi connectivity index (χ3n) is 4.47. The van der Waals surface area contributed by atoms with Crippen LogP contribution in [0, 0.1) is 6.92 Å². The van der Waals surface area contributed by atoms with E-state index in [9.17, 15) is 18.0 Å². The predicted octanol–water partition coefficient (Wildman–Crippen LogP) is 5.15. The lowest BCUT2D eigenvalue weighted by atomic mass is 10.1. The molecule has 7 heteroatoms. The van der Waals surface area contributed by atoms with Crippen LogP contribution in [0.25, 0.3) is 0 Å².